The van der Waals surface area contributed by atoms with Crippen LogP contribution in [0.25, 0.3) is 0 Å². The van der Waals surface area contributed by atoms with E-state index in [1.165, 1.54) is 13.3 Å². The lowest BCUT2D eigenvalue weighted by Gasteiger charge is -2.13. The van der Waals surface area contributed by atoms with Gasteiger partial charge < -0.3 is 24.7 Å². The first-order valence-electron chi connectivity index (χ1n) is 7.69. The van der Waals surface area contributed by atoms with Crippen LogP contribution < -0.4 is 30.0 Å². The summed E-state index contributed by atoms with van der Waals surface area (Å²) in [4.78, 5) is 26.6. The Bertz CT molecular complexity index is 739. The van der Waals surface area contributed by atoms with E-state index in [0.717, 1.165) is 5.75 Å². The molecule has 26 heavy (non-hydrogen) atoms. The van der Waals surface area contributed by atoms with Gasteiger partial charge in [-0.25, -0.2) is 9.78 Å². The van der Waals surface area contributed by atoms with Gasteiger partial charge in [0.25, 0.3) is 5.88 Å². The molecule has 3 N–H and O–H groups in total. The molecule has 0 aliphatic carbocycles. The summed E-state index contributed by atoms with van der Waals surface area (Å²) < 4.78 is 21.2. The van der Waals surface area contributed by atoms with Crippen molar-refractivity contribution >= 4 is 12.0 Å². The average Bonchev–Trinajstić information content (AvgIpc) is 2.66. The number of hydrogen-bond acceptors (Lipinski definition) is 8. The number of methoxy groups -OCH3 is 1. The highest BCUT2D eigenvalue weighted by Gasteiger charge is 2.17. The molecule has 9 heteroatoms. The van der Waals surface area contributed by atoms with Gasteiger partial charge in [0, 0.05) is 12.3 Å². The number of nitrogens with one attached hydrogen (secondary N) is 1. The summed E-state index contributed by atoms with van der Waals surface area (Å²) in [7, 11) is 1.38. The molecular formula is C17H19N3O6. The zero-order valence-corrected chi connectivity index (χ0v) is 14.1. The van der Waals surface area contributed by atoms with E-state index in [-0.39, 0.29) is 24.8 Å². The van der Waals surface area contributed by atoms with Crippen LogP contribution in [0.1, 0.15) is 0 Å². The fourth-order valence-electron chi connectivity index (χ4n) is 1.89. The molecule has 0 radical (unpaired) electrons. The summed E-state index contributed by atoms with van der Waals surface area (Å²) in [6.07, 6.45) is 0.360. The third-order valence-electron chi connectivity index (χ3n) is 3.01. The van der Waals surface area contributed by atoms with Crippen molar-refractivity contribution in [2.75, 3.05) is 26.9 Å². The Kier molecular flexibility index (Phi) is 7.19. The molecule has 0 aliphatic heterocycles. The Labute approximate surface area is 150 Å². The number of benzene rings is 1. The largest absolute Gasteiger partial charge is 0.490 e. The maximum Gasteiger partial charge on any atom is 0.420 e. The number of rotatable bonds is 8. The van der Waals surface area contributed by atoms with E-state index >= 15 is 0 Å². The number of carbonyl (C=O) groups excluding carboxylic acids is 2. The molecule has 0 aliphatic rings. The average molecular weight is 361 g/mol. The Balaban J connectivity index is 1.94. The highest BCUT2D eigenvalue weighted by atomic mass is 16.6. The molecule has 0 saturated heterocycles. The SMILES string of the molecule is COc1c(OCCOc2ccccc2)ccnc1OC(=O)NC(=O)CN. The van der Waals surface area contributed by atoms with E-state index in [4.69, 9.17) is 24.7 Å². The molecule has 0 bridgehead atoms. The zero-order valence-electron chi connectivity index (χ0n) is 14.1. The third-order valence-corrected chi connectivity index (χ3v) is 3.01. The summed E-state index contributed by atoms with van der Waals surface area (Å²) in [5.74, 6) is 0.327. The molecule has 1 heterocycles. The fourth-order valence-corrected chi connectivity index (χ4v) is 1.89. The van der Waals surface area contributed by atoms with Crippen molar-refractivity contribution in [1.82, 2.24) is 10.3 Å². The van der Waals surface area contributed by atoms with Crippen LogP contribution in [-0.2, 0) is 4.79 Å². The van der Waals surface area contributed by atoms with Crippen molar-refractivity contribution in [3.05, 3.63) is 42.6 Å². The lowest BCUT2D eigenvalue weighted by molar-refractivity contribution is -0.118. The van der Waals surface area contributed by atoms with Crippen LogP contribution in [0.3, 0.4) is 0 Å². The van der Waals surface area contributed by atoms with Gasteiger partial charge in [0.15, 0.2) is 5.75 Å². The highest BCUT2D eigenvalue weighted by Crippen LogP contribution is 2.34. The first-order chi connectivity index (χ1) is 12.6. The maximum absolute atomic E-state index is 11.6. The van der Waals surface area contributed by atoms with E-state index in [0.29, 0.717) is 12.4 Å². The van der Waals surface area contributed by atoms with Crippen molar-refractivity contribution in [2.45, 2.75) is 0 Å². The number of imide groups is 1. The second kappa shape index (κ2) is 9.84. The van der Waals surface area contributed by atoms with Gasteiger partial charge in [-0.1, -0.05) is 18.2 Å². The quantitative estimate of drug-likeness (QED) is 0.671. The van der Waals surface area contributed by atoms with Gasteiger partial charge in [0.1, 0.15) is 19.0 Å². The normalized spacial score (nSPS) is 9.92. The summed E-state index contributed by atoms with van der Waals surface area (Å²) >= 11 is 0. The Morgan fingerprint density at radius 1 is 1.12 bits per heavy atom. The lowest BCUT2D eigenvalue weighted by atomic mass is 10.3. The second-order valence-corrected chi connectivity index (χ2v) is 4.80. The van der Waals surface area contributed by atoms with Crippen molar-refractivity contribution in [3.8, 4) is 23.1 Å². The first kappa shape index (κ1) is 19.0. The Hall–Kier alpha value is -3.33. The third kappa shape index (κ3) is 5.64. The van der Waals surface area contributed by atoms with E-state index in [1.54, 1.807) is 6.07 Å². The molecule has 138 valence electrons. The van der Waals surface area contributed by atoms with Gasteiger partial charge >= 0.3 is 6.09 Å². The van der Waals surface area contributed by atoms with Crippen LogP contribution in [0.5, 0.6) is 23.1 Å². The minimum absolute atomic E-state index is 0.113. The number of nitrogens with zero attached hydrogens (tertiary/aromatic N) is 1. The van der Waals surface area contributed by atoms with Crippen LogP contribution in [0.2, 0.25) is 0 Å². The van der Waals surface area contributed by atoms with E-state index in [9.17, 15) is 9.59 Å². The molecule has 9 nitrogen and oxygen atoms in total. The van der Waals surface area contributed by atoms with Gasteiger partial charge in [0.2, 0.25) is 11.7 Å². The number of para-hydroxylation sites is 1. The second-order valence-electron chi connectivity index (χ2n) is 4.80. The maximum atomic E-state index is 11.6. The molecule has 2 amide bonds. The Morgan fingerprint density at radius 2 is 1.85 bits per heavy atom. The van der Waals surface area contributed by atoms with Gasteiger partial charge in [-0.15, -0.1) is 0 Å². The number of amides is 2. The van der Waals surface area contributed by atoms with Crippen molar-refractivity contribution in [3.63, 3.8) is 0 Å². The first-order valence-corrected chi connectivity index (χ1v) is 7.69. The molecule has 0 atom stereocenters. The van der Waals surface area contributed by atoms with Crippen molar-refractivity contribution in [2.24, 2.45) is 5.73 Å². The minimum Gasteiger partial charge on any atom is -0.490 e. The summed E-state index contributed by atoms with van der Waals surface area (Å²) in [6, 6.07) is 10.8. The van der Waals surface area contributed by atoms with E-state index in [2.05, 4.69) is 4.98 Å². The molecular weight excluding hydrogens is 342 g/mol. The van der Waals surface area contributed by atoms with Crippen molar-refractivity contribution < 1.29 is 28.5 Å². The zero-order chi connectivity index (χ0) is 18.8. The van der Waals surface area contributed by atoms with Gasteiger partial charge in [-0.05, 0) is 12.1 Å². The van der Waals surface area contributed by atoms with E-state index in [1.807, 2.05) is 35.6 Å². The van der Waals surface area contributed by atoms with Crippen LogP contribution in [0, 0.1) is 0 Å². The monoisotopic (exact) mass is 361 g/mol. The molecule has 0 unspecified atom stereocenters. The number of pyridine rings is 1. The molecule has 0 spiro atoms. The van der Waals surface area contributed by atoms with Crippen LogP contribution in [-0.4, -0.2) is 43.9 Å². The topological polar surface area (TPSA) is 122 Å². The fraction of sp³-hybridized carbons (Fsp3) is 0.235. The molecule has 1 aromatic heterocycles. The predicted molar refractivity (Wildman–Crippen MR) is 91.4 cm³/mol. The number of ether oxygens (including phenoxy) is 4. The summed E-state index contributed by atoms with van der Waals surface area (Å²) in [6.45, 7) is 0.188. The number of carbonyl (C=O) groups is 2. The summed E-state index contributed by atoms with van der Waals surface area (Å²) in [5.41, 5.74) is 5.11. The van der Waals surface area contributed by atoms with Crippen LogP contribution in [0.4, 0.5) is 4.79 Å². The van der Waals surface area contributed by atoms with Gasteiger partial charge in [-0.3, -0.25) is 10.1 Å². The number of aromatic nitrogens is 1. The predicted octanol–water partition coefficient (Wildman–Crippen LogP) is 1.12. The Morgan fingerprint density at radius 3 is 2.54 bits per heavy atom. The lowest BCUT2D eigenvalue weighted by Crippen LogP contribution is -2.37. The highest BCUT2D eigenvalue weighted by molar-refractivity contribution is 5.93. The van der Waals surface area contributed by atoms with Crippen molar-refractivity contribution in [1.29, 1.82) is 0 Å². The van der Waals surface area contributed by atoms with Crippen LogP contribution in [0.15, 0.2) is 42.6 Å². The standard InChI is InChI=1S/C17H19N3O6/c1-23-15-13(25-10-9-24-12-5-3-2-4-6-12)7-8-19-16(15)26-17(22)20-14(21)11-18/h2-8H,9-11,18H2,1H3,(H,20,21,22). The molecule has 1 aromatic carbocycles. The van der Waals surface area contributed by atoms with Gasteiger partial charge in [-0.2, -0.15) is 0 Å². The van der Waals surface area contributed by atoms with E-state index < -0.39 is 12.0 Å². The molecule has 0 fully saturated rings. The van der Waals surface area contributed by atoms with Gasteiger partial charge in [0.05, 0.1) is 13.7 Å². The molecule has 2 aromatic rings. The minimum atomic E-state index is -1.02. The number of hydrogen-bond donors (Lipinski definition) is 2. The van der Waals surface area contributed by atoms with Crippen LogP contribution >= 0.6 is 0 Å². The summed E-state index contributed by atoms with van der Waals surface area (Å²) in [5, 5.41) is 1.94. The molecule has 0 saturated carbocycles. The molecule has 2 rings (SSSR count). The smallest absolute Gasteiger partial charge is 0.420 e. The number of nitrogens with two attached hydrogens (primary N) is 1.